The lowest BCUT2D eigenvalue weighted by Crippen LogP contribution is -2.26. The molecule has 0 heterocycles. The fourth-order valence-corrected chi connectivity index (χ4v) is 5.82. The third-order valence-electron chi connectivity index (χ3n) is 7.76. The highest BCUT2D eigenvalue weighted by molar-refractivity contribution is 5.48. The monoisotopic (exact) mass is 486 g/mol. The number of benzene rings is 2. The maximum atomic E-state index is 14.9. The van der Waals surface area contributed by atoms with Gasteiger partial charge in [-0.05, 0) is 97.4 Å². The first-order valence-electron chi connectivity index (χ1n) is 13.0. The summed E-state index contributed by atoms with van der Waals surface area (Å²) in [6, 6.07) is 8.81. The normalized spacial score (nSPS) is 22.1. The summed E-state index contributed by atoms with van der Waals surface area (Å²) in [5.74, 6) is 7.40. The molecule has 188 valence electrons. The largest absolute Gasteiger partial charge is 0.573 e. The molecule has 0 aliphatic heterocycles. The summed E-state index contributed by atoms with van der Waals surface area (Å²) < 4.78 is 55.6. The molecule has 1 nitrogen and oxygen atoms in total. The molecule has 1 atom stereocenters. The number of rotatable bonds is 6. The SMILES string of the molecule is CCCCCC1CCC(C2CCc3cc(C#Cc4ccc(OC(F)(F)F)cc4)c(F)cc3C2)CC1. The van der Waals surface area contributed by atoms with Crippen molar-refractivity contribution in [1.82, 2.24) is 0 Å². The van der Waals surface area contributed by atoms with Gasteiger partial charge < -0.3 is 4.74 Å². The Morgan fingerprint density at radius 2 is 1.63 bits per heavy atom. The molecule has 0 radical (unpaired) electrons. The summed E-state index contributed by atoms with van der Waals surface area (Å²) in [7, 11) is 0. The molecule has 4 rings (SSSR count). The summed E-state index contributed by atoms with van der Waals surface area (Å²) in [5.41, 5.74) is 3.13. The summed E-state index contributed by atoms with van der Waals surface area (Å²) in [4.78, 5) is 0. The molecule has 0 spiro atoms. The minimum Gasteiger partial charge on any atom is -0.406 e. The lowest BCUT2D eigenvalue weighted by atomic mass is 9.69. The molecule has 0 saturated heterocycles. The van der Waals surface area contributed by atoms with Crippen LogP contribution in [0, 0.1) is 35.4 Å². The number of aryl methyl sites for hydroxylation is 1. The Balaban J connectivity index is 1.36. The molecule has 0 amide bonds. The van der Waals surface area contributed by atoms with E-state index in [4.69, 9.17) is 0 Å². The Morgan fingerprint density at radius 1 is 0.886 bits per heavy atom. The van der Waals surface area contributed by atoms with E-state index in [9.17, 15) is 17.6 Å². The third-order valence-corrected chi connectivity index (χ3v) is 7.76. The number of unbranched alkanes of at least 4 members (excludes halogenated alkanes) is 2. The zero-order valence-electron chi connectivity index (χ0n) is 20.4. The average Bonchev–Trinajstić information content (AvgIpc) is 2.83. The minimum atomic E-state index is -4.73. The van der Waals surface area contributed by atoms with Crippen molar-refractivity contribution in [2.75, 3.05) is 0 Å². The van der Waals surface area contributed by atoms with Crippen LogP contribution in [0.25, 0.3) is 0 Å². The minimum absolute atomic E-state index is 0.303. The van der Waals surface area contributed by atoms with Crippen LogP contribution in [0.15, 0.2) is 36.4 Å². The van der Waals surface area contributed by atoms with Gasteiger partial charge in [0.1, 0.15) is 11.6 Å². The van der Waals surface area contributed by atoms with E-state index in [1.54, 1.807) is 6.07 Å². The maximum absolute atomic E-state index is 14.9. The van der Waals surface area contributed by atoms with Crippen LogP contribution in [0.5, 0.6) is 5.75 Å². The highest BCUT2D eigenvalue weighted by atomic mass is 19.4. The molecule has 1 fully saturated rings. The van der Waals surface area contributed by atoms with Crippen LogP contribution in [0.1, 0.15) is 87.0 Å². The van der Waals surface area contributed by atoms with Crippen LogP contribution in [-0.2, 0) is 12.8 Å². The molecule has 2 aromatic carbocycles. The van der Waals surface area contributed by atoms with E-state index in [0.717, 1.165) is 36.7 Å². The van der Waals surface area contributed by atoms with Crippen molar-refractivity contribution < 1.29 is 22.3 Å². The Bertz CT molecular complexity index is 1040. The third kappa shape index (κ3) is 7.26. The van der Waals surface area contributed by atoms with Crippen LogP contribution in [0.4, 0.5) is 17.6 Å². The van der Waals surface area contributed by atoms with Crippen LogP contribution < -0.4 is 4.74 Å². The summed E-state index contributed by atoms with van der Waals surface area (Å²) in [6.07, 6.45) is 9.04. The maximum Gasteiger partial charge on any atom is 0.573 e. The van der Waals surface area contributed by atoms with Gasteiger partial charge in [0.05, 0.1) is 5.56 Å². The molecular formula is C30H34F4O. The van der Waals surface area contributed by atoms with Crippen molar-refractivity contribution in [2.24, 2.45) is 17.8 Å². The second-order valence-corrected chi connectivity index (χ2v) is 10.2. The second kappa shape index (κ2) is 11.5. The van der Waals surface area contributed by atoms with E-state index in [1.165, 1.54) is 81.2 Å². The summed E-state index contributed by atoms with van der Waals surface area (Å²) in [6.45, 7) is 2.26. The summed E-state index contributed by atoms with van der Waals surface area (Å²) in [5, 5.41) is 0. The highest BCUT2D eigenvalue weighted by Crippen LogP contribution is 2.41. The molecule has 0 bridgehead atoms. The smallest absolute Gasteiger partial charge is 0.406 e. The van der Waals surface area contributed by atoms with Crippen molar-refractivity contribution in [3.05, 3.63) is 64.5 Å². The first-order chi connectivity index (χ1) is 16.8. The van der Waals surface area contributed by atoms with Gasteiger partial charge in [0, 0.05) is 5.56 Å². The van der Waals surface area contributed by atoms with Gasteiger partial charge in [-0.3, -0.25) is 0 Å². The number of alkyl halides is 3. The van der Waals surface area contributed by atoms with Gasteiger partial charge in [-0.2, -0.15) is 0 Å². The van der Waals surface area contributed by atoms with Crippen molar-refractivity contribution in [3.63, 3.8) is 0 Å². The molecule has 2 aliphatic carbocycles. The van der Waals surface area contributed by atoms with Gasteiger partial charge in [-0.25, -0.2) is 4.39 Å². The predicted octanol–water partition coefficient (Wildman–Crippen LogP) is 8.62. The quantitative estimate of drug-likeness (QED) is 0.226. The molecule has 0 aromatic heterocycles. The number of halogens is 4. The van der Waals surface area contributed by atoms with Gasteiger partial charge in [0.2, 0.25) is 0 Å². The Kier molecular flexibility index (Phi) is 8.42. The van der Waals surface area contributed by atoms with Crippen LogP contribution in [0.2, 0.25) is 0 Å². The fourth-order valence-electron chi connectivity index (χ4n) is 5.82. The zero-order chi connectivity index (χ0) is 24.8. The molecule has 1 saturated carbocycles. The van der Waals surface area contributed by atoms with Crippen molar-refractivity contribution in [3.8, 4) is 17.6 Å². The van der Waals surface area contributed by atoms with Gasteiger partial charge in [-0.1, -0.05) is 57.3 Å². The van der Waals surface area contributed by atoms with E-state index in [1.807, 2.05) is 6.07 Å². The molecular weight excluding hydrogens is 452 g/mol. The molecule has 0 N–H and O–H groups in total. The van der Waals surface area contributed by atoms with E-state index in [-0.39, 0.29) is 11.6 Å². The molecule has 2 aromatic rings. The van der Waals surface area contributed by atoms with Crippen molar-refractivity contribution in [1.29, 1.82) is 0 Å². The Morgan fingerprint density at radius 3 is 2.31 bits per heavy atom. The number of ether oxygens (including phenoxy) is 1. The molecule has 35 heavy (non-hydrogen) atoms. The highest BCUT2D eigenvalue weighted by Gasteiger charge is 2.31. The van der Waals surface area contributed by atoms with Crippen LogP contribution in [-0.4, -0.2) is 6.36 Å². The fraction of sp³-hybridized carbons (Fsp3) is 0.533. The second-order valence-electron chi connectivity index (χ2n) is 10.2. The number of hydrogen-bond acceptors (Lipinski definition) is 1. The first-order valence-corrected chi connectivity index (χ1v) is 13.0. The molecule has 1 unspecified atom stereocenters. The Labute approximate surface area is 206 Å². The van der Waals surface area contributed by atoms with Gasteiger partial charge in [-0.15, -0.1) is 13.2 Å². The van der Waals surface area contributed by atoms with Gasteiger partial charge in [0.25, 0.3) is 0 Å². The Hall–Kier alpha value is -2.48. The van der Waals surface area contributed by atoms with Gasteiger partial charge in [0.15, 0.2) is 0 Å². The number of fused-ring (bicyclic) bond motifs is 1. The first kappa shape index (κ1) is 25.6. The molecule has 2 aliphatic rings. The van der Waals surface area contributed by atoms with Crippen molar-refractivity contribution in [2.45, 2.75) is 83.9 Å². The molecule has 5 heteroatoms. The van der Waals surface area contributed by atoms with Gasteiger partial charge >= 0.3 is 6.36 Å². The average molecular weight is 487 g/mol. The van der Waals surface area contributed by atoms with E-state index < -0.39 is 6.36 Å². The summed E-state index contributed by atoms with van der Waals surface area (Å²) >= 11 is 0. The lowest BCUT2D eigenvalue weighted by molar-refractivity contribution is -0.274. The van der Waals surface area contributed by atoms with E-state index >= 15 is 0 Å². The van der Waals surface area contributed by atoms with Crippen molar-refractivity contribution >= 4 is 0 Å². The van der Waals surface area contributed by atoms with Crippen LogP contribution >= 0.6 is 0 Å². The topological polar surface area (TPSA) is 9.23 Å². The standard InChI is InChI=1S/C30H34F4O/c1-2-3-4-5-21-6-11-23(12-7-21)24-14-15-25-18-26(29(31)20-27(25)19-24)13-8-22-9-16-28(17-10-22)35-30(32,33)34/h9-10,16-18,20-21,23-24H,2-7,11-12,14-15,19H2,1H3. The van der Waals surface area contributed by atoms with E-state index in [2.05, 4.69) is 23.5 Å². The predicted molar refractivity (Wildman–Crippen MR) is 131 cm³/mol. The van der Waals surface area contributed by atoms with E-state index in [0.29, 0.717) is 17.0 Å². The lowest BCUT2D eigenvalue weighted by Gasteiger charge is -2.36. The zero-order valence-corrected chi connectivity index (χ0v) is 20.4. The van der Waals surface area contributed by atoms with Crippen LogP contribution in [0.3, 0.4) is 0 Å². The number of hydrogen-bond donors (Lipinski definition) is 0.